The standard InChI is InChI=1S/C26H22N2O3S/c1-17-8-10-19(11-9-17)24(29)28-26-23(22(16-32-26)18-6-4-3-5-7-18)25(30)27-20-12-14-21(31-2)15-13-20/h3-16H,1-2H3,(H,27,30)(H,28,29). The summed E-state index contributed by atoms with van der Waals surface area (Å²) in [5, 5.41) is 8.24. The van der Waals surface area contributed by atoms with Gasteiger partial charge in [0.25, 0.3) is 11.8 Å². The van der Waals surface area contributed by atoms with Gasteiger partial charge in [-0.15, -0.1) is 11.3 Å². The zero-order chi connectivity index (χ0) is 22.5. The number of amides is 2. The highest BCUT2D eigenvalue weighted by Gasteiger charge is 2.22. The predicted octanol–water partition coefficient (Wildman–Crippen LogP) is 6.24. The number of aryl methyl sites for hydroxylation is 1. The predicted molar refractivity (Wildman–Crippen MR) is 130 cm³/mol. The maximum Gasteiger partial charge on any atom is 0.259 e. The first-order chi connectivity index (χ1) is 15.5. The zero-order valence-corrected chi connectivity index (χ0v) is 18.5. The van der Waals surface area contributed by atoms with Crippen LogP contribution in [0.2, 0.25) is 0 Å². The van der Waals surface area contributed by atoms with E-state index in [4.69, 9.17) is 4.74 Å². The fourth-order valence-corrected chi connectivity index (χ4v) is 4.22. The molecule has 2 N–H and O–H groups in total. The van der Waals surface area contributed by atoms with Crippen molar-refractivity contribution in [2.75, 3.05) is 17.7 Å². The molecule has 1 heterocycles. The van der Waals surface area contributed by atoms with Gasteiger partial charge in [0.1, 0.15) is 10.8 Å². The molecule has 6 heteroatoms. The van der Waals surface area contributed by atoms with E-state index in [2.05, 4.69) is 10.6 Å². The van der Waals surface area contributed by atoms with Gasteiger partial charge in [0, 0.05) is 22.2 Å². The third-order valence-electron chi connectivity index (χ3n) is 4.99. The Hall–Kier alpha value is -3.90. The molecule has 0 aliphatic rings. The summed E-state index contributed by atoms with van der Waals surface area (Å²) in [6.07, 6.45) is 0. The van der Waals surface area contributed by atoms with E-state index in [1.54, 1.807) is 43.5 Å². The van der Waals surface area contributed by atoms with Crippen molar-refractivity contribution in [2.24, 2.45) is 0 Å². The minimum atomic E-state index is -0.297. The zero-order valence-electron chi connectivity index (χ0n) is 17.7. The normalized spacial score (nSPS) is 10.4. The second kappa shape index (κ2) is 9.49. The lowest BCUT2D eigenvalue weighted by atomic mass is 10.0. The number of nitrogens with one attached hydrogen (secondary N) is 2. The van der Waals surface area contributed by atoms with Gasteiger partial charge < -0.3 is 15.4 Å². The van der Waals surface area contributed by atoms with Crippen LogP contribution in [-0.2, 0) is 0 Å². The van der Waals surface area contributed by atoms with Crippen molar-refractivity contribution >= 4 is 33.8 Å². The maximum absolute atomic E-state index is 13.3. The van der Waals surface area contributed by atoms with Crippen LogP contribution in [0.25, 0.3) is 11.1 Å². The summed E-state index contributed by atoms with van der Waals surface area (Å²) in [4.78, 5) is 26.1. The quantitative estimate of drug-likeness (QED) is 0.372. The summed E-state index contributed by atoms with van der Waals surface area (Å²) in [5.74, 6) is 0.147. The van der Waals surface area contributed by atoms with Crippen LogP contribution in [-0.4, -0.2) is 18.9 Å². The Kier molecular flexibility index (Phi) is 6.33. The molecule has 0 radical (unpaired) electrons. The monoisotopic (exact) mass is 442 g/mol. The van der Waals surface area contributed by atoms with Gasteiger partial charge in [0.15, 0.2) is 0 Å². The Morgan fingerprint density at radius 2 is 1.50 bits per heavy atom. The van der Waals surface area contributed by atoms with Crippen molar-refractivity contribution in [1.29, 1.82) is 0 Å². The topological polar surface area (TPSA) is 67.4 Å². The fourth-order valence-electron chi connectivity index (χ4n) is 3.25. The highest BCUT2D eigenvalue weighted by molar-refractivity contribution is 7.15. The lowest BCUT2D eigenvalue weighted by Crippen LogP contribution is -2.17. The van der Waals surface area contributed by atoms with Crippen molar-refractivity contribution in [3.8, 4) is 16.9 Å². The van der Waals surface area contributed by atoms with Crippen molar-refractivity contribution < 1.29 is 14.3 Å². The fraction of sp³-hybridized carbons (Fsp3) is 0.0769. The minimum Gasteiger partial charge on any atom is -0.497 e. The Bertz CT molecular complexity index is 1230. The van der Waals surface area contributed by atoms with Gasteiger partial charge >= 0.3 is 0 Å². The molecule has 0 aliphatic carbocycles. The first kappa shape index (κ1) is 21.3. The molecule has 4 aromatic rings. The Balaban J connectivity index is 1.67. The number of anilines is 2. The van der Waals surface area contributed by atoms with Crippen LogP contribution in [0.15, 0.2) is 84.2 Å². The molecule has 0 unspecified atom stereocenters. The first-order valence-electron chi connectivity index (χ1n) is 10.1. The van der Waals surface area contributed by atoms with Crippen LogP contribution in [0.4, 0.5) is 10.7 Å². The molecular formula is C26H22N2O3S. The van der Waals surface area contributed by atoms with Crippen molar-refractivity contribution in [3.63, 3.8) is 0 Å². The molecule has 32 heavy (non-hydrogen) atoms. The highest BCUT2D eigenvalue weighted by atomic mass is 32.1. The largest absolute Gasteiger partial charge is 0.497 e. The number of rotatable bonds is 6. The number of hydrogen-bond acceptors (Lipinski definition) is 4. The Morgan fingerprint density at radius 1 is 0.812 bits per heavy atom. The van der Waals surface area contributed by atoms with E-state index < -0.39 is 0 Å². The molecule has 160 valence electrons. The summed E-state index contributed by atoms with van der Waals surface area (Å²) >= 11 is 1.33. The van der Waals surface area contributed by atoms with Crippen molar-refractivity contribution in [1.82, 2.24) is 0 Å². The molecule has 0 saturated carbocycles. The number of thiophene rings is 1. The molecule has 3 aromatic carbocycles. The lowest BCUT2D eigenvalue weighted by molar-refractivity contribution is 0.102. The number of ether oxygens (including phenoxy) is 1. The molecule has 0 saturated heterocycles. The first-order valence-corrected chi connectivity index (χ1v) is 10.9. The van der Waals surface area contributed by atoms with Gasteiger partial charge in [-0.25, -0.2) is 0 Å². The maximum atomic E-state index is 13.3. The third-order valence-corrected chi connectivity index (χ3v) is 5.89. The molecule has 0 aliphatic heterocycles. The Morgan fingerprint density at radius 3 is 2.16 bits per heavy atom. The summed E-state index contributed by atoms with van der Waals surface area (Å²) in [5.41, 5.74) is 4.34. The van der Waals surface area contributed by atoms with E-state index in [-0.39, 0.29) is 11.8 Å². The number of carbonyl (C=O) groups is 2. The number of carbonyl (C=O) groups excluding carboxylic acids is 2. The van der Waals surface area contributed by atoms with Gasteiger partial charge in [0.05, 0.1) is 12.7 Å². The SMILES string of the molecule is COc1ccc(NC(=O)c2c(-c3ccccc3)csc2NC(=O)c2ccc(C)cc2)cc1. The summed E-state index contributed by atoms with van der Waals surface area (Å²) < 4.78 is 5.18. The van der Waals surface area contributed by atoms with E-state index in [0.717, 1.165) is 16.7 Å². The molecule has 4 rings (SSSR count). The van der Waals surface area contributed by atoms with Crippen LogP contribution in [0.5, 0.6) is 5.75 Å². The van der Waals surface area contributed by atoms with Crippen LogP contribution in [0, 0.1) is 6.92 Å². The minimum absolute atomic E-state index is 0.259. The lowest BCUT2D eigenvalue weighted by Gasteiger charge is -2.11. The number of methoxy groups -OCH3 is 1. The van der Waals surface area contributed by atoms with Crippen molar-refractivity contribution in [2.45, 2.75) is 6.92 Å². The van der Waals surface area contributed by atoms with Crippen LogP contribution in [0.3, 0.4) is 0 Å². The van der Waals surface area contributed by atoms with E-state index in [0.29, 0.717) is 27.6 Å². The molecule has 0 bridgehead atoms. The highest BCUT2D eigenvalue weighted by Crippen LogP contribution is 2.36. The van der Waals surface area contributed by atoms with E-state index in [1.165, 1.54) is 11.3 Å². The molecule has 0 spiro atoms. The van der Waals surface area contributed by atoms with Crippen molar-refractivity contribution in [3.05, 3.63) is 101 Å². The van der Waals surface area contributed by atoms with E-state index in [9.17, 15) is 9.59 Å². The van der Waals surface area contributed by atoms with Gasteiger partial charge in [-0.1, -0.05) is 48.0 Å². The number of benzene rings is 3. The molecular weight excluding hydrogens is 420 g/mol. The average Bonchev–Trinajstić information content (AvgIpc) is 3.24. The van der Waals surface area contributed by atoms with E-state index >= 15 is 0 Å². The molecule has 1 aromatic heterocycles. The Labute approximate surface area is 190 Å². The molecule has 0 atom stereocenters. The van der Waals surface area contributed by atoms with E-state index in [1.807, 2.05) is 54.8 Å². The second-order valence-corrected chi connectivity index (χ2v) is 8.10. The van der Waals surface area contributed by atoms with Gasteiger partial charge in [-0.05, 0) is 48.9 Å². The number of hydrogen-bond donors (Lipinski definition) is 2. The summed E-state index contributed by atoms with van der Waals surface area (Å²) in [6, 6.07) is 24.1. The molecule has 5 nitrogen and oxygen atoms in total. The summed E-state index contributed by atoms with van der Waals surface area (Å²) in [6.45, 7) is 1.97. The molecule has 0 fully saturated rings. The van der Waals surface area contributed by atoms with Gasteiger partial charge in [0.2, 0.25) is 0 Å². The average molecular weight is 443 g/mol. The van der Waals surface area contributed by atoms with Gasteiger partial charge in [-0.2, -0.15) is 0 Å². The van der Waals surface area contributed by atoms with Gasteiger partial charge in [-0.3, -0.25) is 9.59 Å². The summed E-state index contributed by atoms with van der Waals surface area (Å²) in [7, 11) is 1.59. The van der Waals surface area contributed by atoms with Crippen LogP contribution < -0.4 is 15.4 Å². The van der Waals surface area contributed by atoms with Crippen LogP contribution in [0.1, 0.15) is 26.3 Å². The van der Waals surface area contributed by atoms with Crippen LogP contribution >= 0.6 is 11.3 Å². The third kappa shape index (κ3) is 4.71. The smallest absolute Gasteiger partial charge is 0.259 e. The second-order valence-electron chi connectivity index (χ2n) is 7.22. The molecule has 2 amide bonds.